The Morgan fingerprint density at radius 2 is 2.13 bits per heavy atom. The van der Waals surface area contributed by atoms with E-state index in [1.807, 2.05) is 13.8 Å². The van der Waals surface area contributed by atoms with Gasteiger partial charge in [0, 0.05) is 37.4 Å². The van der Waals surface area contributed by atoms with Crippen molar-refractivity contribution in [3.05, 3.63) is 23.9 Å². The van der Waals surface area contributed by atoms with E-state index in [9.17, 15) is 18.0 Å². The van der Waals surface area contributed by atoms with Gasteiger partial charge in [0.15, 0.2) is 6.61 Å². The van der Waals surface area contributed by atoms with Crippen molar-refractivity contribution >= 4 is 18.3 Å². The summed E-state index contributed by atoms with van der Waals surface area (Å²) in [6, 6.07) is 2.91. The van der Waals surface area contributed by atoms with Crippen molar-refractivity contribution in [1.29, 1.82) is 0 Å². The predicted octanol–water partition coefficient (Wildman–Crippen LogP) is 2.27. The number of aromatic nitrogens is 1. The maximum Gasteiger partial charge on any atom is 0.422 e. The van der Waals surface area contributed by atoms with E-state index < -0.39 is 12.8 Å². The lowest BCUT2D eigenvalue weighted by molar-refractivity contribution is -0.154. The number of alkyl halides is 3. The highest BCUT2D eigenvalue weighted by Crippen LogP contribution is 2.18. The van der Waals surface area contributed by atoms with Gasteiger partial charge in [0.1, 0.15) is 0 Å². The monoisotopic (exact) mass is 353 g/mol. The summed E-state index contributed by atoms with van der Waals surface area (Å²) < 4.78 is 40.7. The van der Waals surface area contributed by atoms with Crippen LogP contribution in [0.4, 0.5) is 13.2 Å². The number of hydrogen-bond acceptors (Lipinski definition) is 4. The average Bonchev–Trinajstić information content (AvgIpc) is 2.47. The minimum Gasteiger partial charge on any atom is -0.468 e. The number of piperazine rings is 1. The molecule has 1 aromatic rings. The van der Waals surface area contributed by atoms with E-state index in [-0.39, 0.29) is 36.3 Å². The number of nitrogens with zero attached hydrogens (tertiary/aromatic N) is 2. The molecule has 0 aromatic carbocycles. The minimum atomic E-state index is -4.41. The first-order valence-electron chi connectivity index (χ1n) is 6.98. The molecule has 23 heavy (non-hydrogen) atoms. The molecule has 0 saturated carbocycles. The van der Waals surface area contributed by atoms with Gasteiger partial charge in [-0.3, -0.25) is 4.79 Å². The number of carbonyl (C=O) groups is 1. The maximum absolute atomic E-state index is 12.4. The molecular weight excluding hydrogens is 335 g/mol. The molecule has 1 aliphatic rings. The number of rotatable bonds is 3. The van der Waals surface area contributed by atoms with Gasteiger partial charge in [-0.15, -0.1) is 12.4 Å². The van der Waals surface area contributed by atoms with Crippen LogP contribution in [-0.2, 0) is 0 Å². The summed E-state index contributed by atoms with van der Waals surface area (Å²) in [5, 5.41) is 3.27. The Morgan fingerprint density at radius 1 is 1.43 bits per heavy atom. The largest absolute Gasteiger partial charge is 0.468 e. The van der Waals surface area contributed by atoms with Gasteiger partial charge in [-0.25, -0.2) is 4.98 Å². The third kappa shape index (κ3) is 5.24. The summed E-state index contributed by atoms with van der Waals surface area (Å²) in [7, 11) is 0. The highest BCUT2D eigenvalue weighted by molar-refractivity contribution is 5.94. The Labute approximate surface area is 138 Å². The zero-order valence-electron chi connectivity index (χ0n) is 12.8. The van der Waals surface area contributed by atoms with E-state index in [0.717, 1.165) is 0 Å². The number of ether oxygens (including phenoxy) is 1. The minimum absolute atomic E-state index is 0. The highest BCUT2D eigenvalue weighted by atomic mass is 35.5. The number of carbonyl (C=O) groups excluding carboxylic acids is 1. The standard InChI is InChI=1S/C14H18F3N3O2.ClH/c1-9-10(2)20(6-5-18-9)13(21)11-3-4-12(19-7-11)22-8-14(15,16)17;/h3-4,7,9-10,18H,5-6,8H2,1-2H3;1H. The average molecular weight is 354 g/mol. The molecule has 1 saturated heterocycles. The van der Waals surface area contributed by atoms with Crippen LogP contribution in [0.1, 0.15) is 24.2 Å². The molecule has 9 heteroatoms. The molecule has 2 atom stereocenters. The van der Waals surface area contributed by atoms with E-state index in [4.69, 9.17) is 0 Å². The van der Waals surface area contributed by atoms with Crippen LogP contribution in [0.25, 0.3) is 0 Å². The molecule has 1 aliphatic heterocycles. The topological polar surface area (TPSA) is 54.5 Å². The summed E-state index contributed by atoms with van der Waals surface area (Å²) in [5.74, 6) is -0.341. The number of amides is 1. The van der Waals surface area contributed by atoms with E-state index in [1.165, 1.54) is 18.3 Å². The smallest absolute Gasteiger partial charge is 0.422 e. The molecule has 2 rings (SSSR count). The number of hydrogen-bond donors (Lipinski definition) is 1. The number of pyridine rings is 1. The zero-order valence-corrected chi connectivity index (χ0v) is 13.6. The van der Waals surface area contributed by atoms with Crippen molar-refractivity contribution < 1.29 is 22.7 Å². The SMILES string of the molecule is CC1NCCN(C(=O)c2ccc(OCC(F)(F)F)nc2)C1C.Cl. The molecule has 5 nitrogen and oxygen atoms in total. The first-order valence-corrected chi connectivity index (χ1v) is 6.98. The number of nitrogens with one attached hydrogen (secondary N) is 1. The van der Waals surface area contributed by atoms with Crippen LogP contribution >= 0.6 is 12.4 Å². The first-order chi connectivity index (χ1) is 10.3. The van der Waals surface area contributed by atoms with Gasteiger partial charge in [-0.05, 0) is 19.9 Å². The summed E-state index contributed by atoms with van der Waals surface area (Å²) >= 11 is 0. The summed E-state index contributed by atoms with van der Waals surface area (Å²) in [6.45, 7) is 3.83. The van der Waals surface area contributed by atoms with Crippen LogP contribution in [0.15, 0.2) is 18.3 Å². The third-order valence-electron chi connectivity index (χ3n) is 3.66. The van der Waals surface area contributed by atoms with Crippen LogP contribution < -0.4 is 10.1 Å². The quantitative estimate of drug-likeness (QED) is 0.905. The van der Waals surface area contributed by atoms with Gasteiger partial charge in [0.05, 0.1) is 5.56 Å². The van der Waals surface area contributed by atoms with Gasteiger partial charge in [-0.2, -0.15) is 13.2 Å². The molecule has 2 heterocycles. The molecule has 1 N–H and O–H groups in total. The van der Waals surface area contributed by atoms with Gasteiger partial charge >= 0.3 is 6.18 Å². The Bertz CT molecular complexity index is 525. The molecule has 1 aromatic heterocycles. The zero-order chi connectivity index (χ0) is 16.3. The second-order valence-electron chi connectivity index (χ2n) is 5.27. The highest BCUT2D eigenvalue weighted by Gasteiger charge is 2.30. The third-order valence-corrected chi connectivity index (χ3v) is 3.66. The summed E-state index contributed by atoms with van der Waals surface area (Å²) in [5.41, 5.74) is 0.334. The van der Waals surface area contributed by atoms with E-state index >= 15 is 0 Å². The molecular formula is C14H19ClF3N3O2. The number of halogens is 4. The maximum atomic E-state index is 12.4. The van der Waals surface area contributed by atoms with Gasteiger partial charge in [-0.1, -0.05) is 0 Å². The van der Waals surface area contributed by atoms with E-state index in [2.05, 4.69) is 15.0 Å². The van der Waals surface area contributed by atoms with Crippen molar-refractivity contribution in [2.75, 3.05) is 19.7 Å². The van der Waals surface area contributed by atoms with Crippen LogP contribution in [0.3, 0.4) is 0 Å². The molecule has 0 spiro atoms. The fraction of sp³-hybridized carbons (Fsp3) is 0.571. The fourth-order valence-corrected chi connectivity index (χ4v) is 2.26. The summed E-state index contributed by atoms with van der Waals surface area (Å²) in [6.07, 6.45) is -3.17. The van der Waals surface area contributed by atoms with Gasteiger partial charge < -0.3 is 15.0 Å². The Balaban J connectivity index is 0.00000264. The second-order valence-corrected chi connectivity index (χ2v) is 5.27. The van der Waals surface area contributed by atoms with Gasteiger partial charge in [0.25, 0.3) is 5.91 Å². The summed E-state index contributed by atoms with van der Waals surface area (Å²) in [4.78, 5) is 17.9. The predicted molar refractivity (Wildman–Crippen MR) is 81.0 cm³/mol. The van der Waals surface area contributed by atoms with E-state index in [1.54, 1.807) is 4.90 Å². The lowest BCUT2D eigenvalue weighted by Gasteiger charge is -2.38. The van der Waals surface area contributed by atoms with Crippen molar-refractivity contribution in [2.24, 2.45) is 0 Å². The molecule has 0 radical (unpaired) electrons. The lowest BCUT2D eigenvalue weighted by atomic mass is 10.1. The molecule has 0 bridgehead atoms. The molecule has 1 fully saturated rings. The molecule has 130 valence electrons. The van der Waals surface area contributed by atoms with Crippen molar-refractivity contribution in [3.63, 3.8) is 0 Å². The first kappa shape index (κ1) is 19.5. The van der Waals surface area contributed by atoms with Crippen molar-refractivity contribution in [1.82, 2.24) is 15.2 Å². The molecule has 2 unspecified atom stereocenters. The lowest BCUT2D eigenvalue weighted by Crippen LogP contribution is -2.57. The van der Waals surface area contributed by atoms with E-state index in [0.29, 0.717) is 18.7 Å². The van der Waals surface area contributed by atoms with Crippen LogP contribution in [-0.4, -0.2) is 53.7 Å². The molecule has 1 amide bonds. The van der Waals surface area contributed by atoms with Crippen LogP contribution in [0.5, 0.6) is 5.88 Å². The molecule has 0 aliphatic carbocycles. The van der Waals surface area contributed by atoms with Crippen molar-refractivity contribution in [3.8, 4) is 5.88 Å². The van der Waals surface area contributed by atoms with Crippen LogP contribution in [0, 0.1) is 0 Å². The fourth-order valence-electron chi connectivity index (χ4n) is 2.26. The normalized spacial score (nSPS) is 21.5. The van der Waals surface area contributed by atoms with Crippen molar-refractivity contribution in [2.45, 2.75) is 32.1 Å². The Hall–Kier alpha value is -1.54. The van der Waals surface area contributed by atoms with Gasteiger partial charge in [0.2, 0.25) is 5.88 Å². The second kappa shape index (κ2) is 7.83. The Morgan fingerprint density at radius 3 is 2.70 bits per heavy atom. The Kier molecular flexibility index (Phi) is 6.64. The van der Waals surface area contributed by atoms with Crippen LogP contribution in [0.2, 0.25) is 0 Å².